The molecule has 0 bridgehead atoms. The predicted molar refractivity (Wildman–Crippen MR) is 73.2 cm³/mol. The van der Waals surface area contributed by atoms with Crippen molar-refractivity contribution in [1.82, 2.24) is 10.4 Å². The predicted octanol–water partition coefficient (Wildman–Crippen LogP) is 0.710. The van der Waals surface area contributed by atoms with E-state index in [2.05, 4.69) is 5.43 Å². The van der Waals surface area contributed by atoms with E-state index in [0.29, 0.717) is 30.3 Å². The summed E-state index contributed by atoms with van der Waals surface area (Å²) in [4.78, 5) is 12.1. The number of morpholine rings is 1. The molecule has 1 fully saturated rings. The van der Waals surface area contributed by atoms with Crippen LogP contribution < -0.4 is 14.9 Å². The van der Waals surface area contributed by atoms with Crippen LogP contribution in [0.4, 0.5) is 0 Å². The molecule has 7 nitrogen and oxygen atoms in total. The molecule has 1 aromatic carbocycles. The maximum absolute atomic E-state index is 12.1. The van der Waals surface area contributed by atoms with Gasteiger partial charge in [0.2, 0.25) is 0 Å². The number of hydrogen-bond donors (Lipinski definition) is 1. The number of esters is 1. The highest BCUT2D eigenvalue weighted by atomic mass is 16.6. The van der Waals surface area contributed by atoms with Crippen LogP contribution in [-0.2, 0) is 9.47 Å². The lowest BCUT2D eigenvalue weighted by Crippen LogP contribution is -2.47. The summed E-state index contributed by atoms with van der Waals surface area (Å²) in [6.45, 7) is 2.81. The van der Waals surface area contributed by atoms with Crippen molar-refractivity contribution in [1.29, 1.82) is 0 Å². The Kier molecular flexibility index (Phi) is 3.96. The van der Waals surface area contributed by atoms with Crippen LogP contribution in [0.25, 0.3) is 0 Å². The monoisotopic (exact) mass is 294 g/mol. The summed E-state index contributed by atoms with van der Waals surface area (Å²) >= 11 is 0. The number of cyclic esters (lactones) is 1. The fourth-order valence-electron chi connectivity index (χ4n) is 2.55. The lowest BCUT2D eigenvalue weighted by molar-refractivity contribution is -0.0400. The van der Waals surface area contributed by atoms with Crippen LogP contribution in [0.2, 0.25) is 0 Å². The average Bonchev–Trinajstić information content (AvgIpc) is 2.83. The molecule has 1 saturated heterocycles. The Bertz CT molecular complexity index is 542. The van der Waals surface area contributed by atoms with Crippen molar-refractivity contribution in [3.8, 4) is 11.5 Å². The first-order valence-corrected chi connectivity index (χ1v) is 6.79. The maximum atomic E-state index is 12.1. The molecule has 0 amide bonds. The number of carbonyl (C=O) groups is 1. The van der Waals surface area contributed by atoms with Crippen molar-refractivity contribution < 1.29 is 23.7 Å². The third-order valence-corrected chi connectivity index (χ3v) is 3.60. The van der Waals surface area contributed by atoms with Crippen LogP contribution in [0, 0.1) is 0 Å². The van der Waals surface area contributed by atoms with Crippen molar-refractivity contribution in [2.45, 2.75) is 6.23 Å². The van der Waals surface area contributed by atoms with Gasteiger partial charge in [0.15, 0.2) is 17.7 Å². The van der Waals surface area contributed by atoms with Crippen LogP contribution >= 0.6 is 0 Å². The van der Waals surface area contributed by atoms with Crippen LogP contribution in [0.5, 0.6) is 11.5 Å². The summed E-state index contributed by atoms with van der Waals surface area (Å²) in [5.74, 6) is 0.512. The largest absolute Gasteiger partial charge is 0.493 e. The molecular weight excluding hydrogens is 276 g/mol. The minimum atomic E-state index is -0.509. The summed E-state index contributed by atoms with van der Waals surface area (Å²) in [7, 11) is 3.04. The molecule has 0 aromatic heterocycles. The zero-order valence-electron chi connectivity index (χ0n) is 12.0. The van der Waals surface area contributed by atoms with Crippen molar-refractivity contribution in [2.75, 3.05) is 40.5 Å². The lowest BCUT2D eigenvalue weighted by Gasteiger charge is -2.29. The summed E-state index contributed by atoms with van der Waals surface area (Å²) in [6.07, 6.45) is -0.509. The third-order valence-electron chi connectivity index (χ3n) is 3.60. The van der Waals surface area contributed by atoms with E-state index in [1.54, 1.807) is 6.07 Å². The molecular formula is C14H18N2O5. The average molecular weight is 294 g/mol. The second-order valence-electron chi connectivity index (χ2n) is 4.78. The Balaban J connectivity index is 1.87. The van der Waals surface area contributed by atoms with Gasteiger partial charge in [0.05, 0.1) is 27.4 Å². The van der Waals surface area contributed by atoms with Gasteiger partial charge in [-0.15, -0.1) is 0 Å². The SMILES string of the molecule is COc1ccc2c(c1OC)C(=O)O[C@@H]2NN1CCOCC1. The van der Waals surface area contributed by atoms with Crippen LogP contribution in [0.3, 0.4) is 0 Å². The quantitative estimate of drug-likeness (QED) is 0.820. The van der Waals surface area contributed by atoms with E-state index < -0.39 is 12.2 Å². The molecule has 0 radical (unpaired) electrons. The van der Waals surface area contributed by atoms with Gasteiger partial charge < -0.3 is 18.9 Å². The molecule has 3 rings (SSSR count). The number of benzene rings is 1. The Morgan fingerprint density at radius 1 is 1.24 bits per heavy atom. The van der Waals surface area contributed by atoms with E-state index in [-0.39, 0.29) is 0 Å². The summed E-state index contributed by atoms with van der Waals surface area (Å²) < 4.78 is 21.2. The standard InChI is InChI=1S/C14H18N2O5/c1-18-10-4-3-9-11(12(10)19-2)14(17)21-13(9)15-16-5-7-20-8-6-16/h3-4,13,15H,5-8H2,1-2H3/t13-/m0/s1. The Labute approximate surface area is 122 Å². The molecule has 7 heteroatoms. The number of hydrogen-bond acceptors (Lipinski definition) is 7. The van der Waals surface area contributed by atoms with Gasteiger partial charge in [0.1, 0.15) is 5.56 Å². The first-order chi connectivity index (χ1) is 10.2. The van der Waals surface area contributed by atoms with E-state index in [1.165, 1.54) is 14.2 Å². The van der Waals surface area contributed by atoms with Crippen molar-refractivity contribution in [3.63, 3.8) is 0 Å². The fourth-order valence-corrected chi connectivity index (χ4v) is 2.55. The molecule has 1 atom stereocenters. The minimum absolute atomic E-state index is 0.409. The number of hydrazine groups is 1. The first-order valence-electron chi connectivity index (χ1n) is 6.79. The van der Waals surface area contributed by atoms with Gasteiger partial charge in [-0.25, -0.2) is 15.2 Å². The van der Waals surface area contributed by atoms with Crippen LogP contribution in [0.15, 0.2) is 12.1 Å². The van der Waals surface area contributed by atoms with Crippen LogP contribution in [-0.4, -0.2) is 51.5 Å². The van der Waals surface area contributed by atoms with Crippen molar-refractivity contribution in [2.24, 2.45) is 0 Å². The minimum Gasteiger partial charge on any atom is -0.493 e. The van der Waals surface area contributed by atoms with Gasteiger partial charge in [-0.2, -0.15) is 0 Å². The number of ether oxygens (including phenoxy) is 4. The molecule has 2 aliphatic rings. The molecule has 0 aliphatic carbocycles. The number of rotatable bonds is 4. The van der Waals surface area contributed by atoms with Gasteiger partial charge in [-0.3, -0.25) is 0 Å². The Morgan fingerprint density at radius 3 is 2.67 bits per heavy atom. The zero-order valence-corrected chi connectivity index (χ0v) is 12.0. The highest BCUT2D eigenvalue weighted by Gasteiger charge is 2.36. The van der Waals surface area contributed by atoms with E-state index >= 15 is 0 Å². The van der Waals surface area contributed by atoms with Gasteiger partial charge in [-0.1, -0.05) is 0 Å². The maximum Gasteiger partial charge on any atom is 0.344 e. The molecule has 114 valence electrons. The number of nitrogens with zero attached hydrogens (tertiary/aromatic N) is 1. The van der Waals surface area contributed by atoms with Gasteiger partial charge in [0, 0.05) is 18.7 Å². The van der Waals surface area contributed by atoms with Gasteiger partial charge in [-0.05, 0) is 12.1 Å². The second-order valence-corrected chi connectivity index (χ2v) is 4.78. The highest BCUT2D eigenvalue weighted by molar-refractivity contribution is 5.98. The van der Waals surface area contributed by atoms with Gasteiger partial charge >= 0.3 is 5.97 Å². The molecule has 1 aromatic rings. The molecule has 2 aliphatic heterocycles. The molecule has 1 N–H and O–H groups in total. The van der Waals surface area contributed by atoms with E-state index in [1.807, 2.05) is 11.1 Å². The summed E-state index contributed by atoms with van der Waals surface area (Å²) in [5.41, 5.74) is 4.38. The second kappa shape index (κ2) is 5.88. The summed E-state index contributed by atoms with van der Waals surface area (Å²) in [5, 5.41) is 1.99. The van der Waals surface area contributed by atoms with Crippen molar-refractivity contribution >= 4 is 5.97 Å². The highest BCUT2D eigenvalue weighted by Crippen LogP contribution is 2.40. The lowest BCUT2D eigenvalue weighted by atomic mass is 10.1. The number of methoxy groups -OCH3 is 2. The molecule has 0 saturated carbocycles. The van der Waals surface area contributed by atoms with Crippen LogP contribution in [0.1, 0.15) is 22.1 Å². The Hall–Kier alpha value is -1.83. The smallest absolute Gasteiger partial charge is 0.344 e. The normalized spacial score (nSPS) is 21.8. The topological polar surface area (TPSA) is 69.3 Å². The van der Waals surface area contributed by atoms with E-state index in [9.17, 15) is 4.79 Å². The van der Waals surface area contributed by atoms with Gasteiger partial charge in [0.25, 0.3) is 0 Å². The number of nitrogens with one attached hydrogen (secondary N) is 1. The van der Waals surface area contributed by atoms with Crippen molar-refractivity contribution in [3.05, 3.63) is 23.3 Å². The molecule has 0 spiro atoms. The number of fused-ring (bicyclic) bond motifs is 1. The van der Waals surface area contributed by atoms with E-state index in [0.717, 1.165) is 18.7 Å². The molecule has 21 heavy (non-hydrogen) atoms. The number of carbonyl (C=O) groups excluding carboxylic acids is 1. The van der Waals surface area contributed by atoms with E-state index in [4.69, 9.17) is 18.9 Å². The first kappa shape index (κ1) is 14.1. The summed E-state index contributed by atoms with van der Waals surface area (Å²) in [6, 6.07) is 3.59. The zero-order chi connectivity index (χ0) is 14.8. The Morgan fingerprint density at radius 2 is 2.00 bits per heavy atom. The molecule has 2 heterocycles. The fraction of sp³-hybridized carbons (Fsp3) is 0.500. The molecule has 0 unspecified atom stereocenters. The third kappa shape index (κ3) is 2.55.